The lowest BCUT2D eigenvalue weighted by molar-refractivity contribution is -0.126. The number of hydrogen-bond acceptors (Lipinski definition) is 7. The minimum absolute atomic E-state index is 0.0655. The van der Waals surface area contributed by atoms with Crippen molar-refractivity contribution in [2.24, 2.45) is 11.0 Å². The third kappa shape index (κ3) is 4.24. The molecule has 2 amide bonds. The van der Waals surface area contributed by atoms with Crippen molar-refractivity contribution in [3.8, 4) is 11.5 Å². The number of carbonyl (C=O) groups excluding carboxylic acids is 2. The van der Waals surface area contributed by atoms with E-state index in [1.165, 1.54) is 0 Å². The number of amides is 2. The molecule has 28 heavy (non-hydrogen) atoms. The molecule has 0 aliphatic carbocycles. The highest BCUT2D eigenvalue weighted by Crippen LogP contribution is 2.23. The lowest BCUT2D eigenvalue weighted by Crippen LogP contribution is -2.45. The molecule has 2 aromatic heterocycles. The summed E-state index contributed by atoms with van der Waals surface area (Å²) in [6.45, 7) is 1.43. The SMILES string of the molecule is O=C1CCC(C(=O)N2CCCC(CCc3noc(-c4ccncc4)n3)C2)=NN1. The molecule has 1 unspecified atom stereocenters. The molecular weight excluding hydrogens is 360 g/mol. The molecule has 9 heteroatoms. The van der Waals surface area contributed by atoms with E-state index in [4.69, 9.17) is 4.52 Å². The molecule has 4 heterocycles. The maximum Gasteiger partial charge on any atom is 0.270 e. The van der Waals surface area contributed by atoms with Crippen molar-refractivity contribution in [3.63, 3.8) is 0 Å². The van der Waals surface area contributed by atoms with Crippen molar-refractivity contribution in [2.45, 2.75) is 38.5 Å². The van der Waals surface area contributed by atoms with E-state index < -0.39 is 0 Å². The van der Waals surface area contributed by atoms with Crippen LogP contribution in [-0.2, 0) is 16.0 Å². The fraction of sp³-hybridized carbons (Fsp3) is 0.474. The minimum Gasteiger partial charge on any atom is -0.337 e. The highest BCUT2D eigenvalue weighted by atomic mass is 16.5. The Labute approximate surface area is 162 Å². The molecule has 1 fully saturated rings. The molecule has 1 saturated heterocycles. The van der Waals surface area contributed by atoms with Crippen LogP contribution in [0.3, 0.4) is 0 Å². The summed E-state index contributed by atoms with van der Waals surface area (Å²) in [5.41, 5.74) is 3.69. The van der Waals surface area contributed by atoms with Crippen molar-refractivity contribution in [3.05, 3.63) is 30.4 Å². The van der Waals surface area contributed by atoms with Gasteiger partial charge in [0.2, 0.25) is 5.91 Å². The van der Waals surface area contributed by atoms with Gasteiger partial charge in [0.1, 0.15) is 5.71 Å². The molecule has 0 radical (unpaired) electrons. The standard InChI is InChI=1S/C19H22N6O3/c26-17-6-4-15(22-23-17)19(27)25-11-1-2-13(12-25)3-5-16-21-18(28-24-16)14-7-9-20-10-8-14/h7-10,13H,1-6,11-12H2,(H,23,26). The Morgan fingerprint density at radius 1 is 1.29 bits per heavy atom. The summed E-state index contributed by atoms with van der Waals surface area (Å²) >= 11 is 0. The van der Waals surface area contributed by atoms with Crippen LogP contribution in [0.4, 0.5) is 0 Å². The second-order valence-corrected chi connectivity index (χ2v) is 7.14. The van der Waals surface area contributed by atoms with E-state index in [0.29, 0.717) is 49.2 Å². The molecule has 0 bridgehead atoms. The summed E-state index contributed by atoms with van der Waals surface area (Å²) in [4.78, 5) is 34.1. The summed E-state index contributed by atoms with van der Waals surface area (Å²) in [7, 11) is 0. The van der Waals surface area contributed by atoms with Crippen LogP contribution in [0.2, 0.25) is 0 Å². The molecule has 0 spiro atoms. The van der Waals surface area contributed by atoms with E-state index in [1.54, 1.807) is 12.4 Å². The second-order valence-electron chi connectivity index (χ2n) is 7.14. The summed E-state index contributed by atoms with van der Waals surface area (Å²) in [6.07, 6.45) is 7.74. The average Bonchev–Trinajstić information content (AvgIpc) is 3.22. The molecule has 2 aromatic rings. The topological polar surface area (TPSA) is 114 Å². The van der Waals surface area contributed by atoms with Crippen LogP contribution in [-0.4, -0.2) is 50.6 Å². The Bertz CT molecular complexity index is 879. The predicted molar refractivity (Wildman–Crippen MR) is 100.0 cm³/mol. The summed E-state index contributed by atoms with van der Waals surface area (Å²) in [5.74, 6) is 1.35. The van der Waals surface area contributed by atoms with Gasteiger partial charge in [0.15, 0.2) is 5.82 Å². The Balaban J connectivity index is 1.31. The predicted octanol–water partition coefficient (Wildman–Crippen LogP) is 1.57. The molecule has 4 rings (SSSR count). The molecule has 2 aliphatic heterocycles. The average molecular weight is 382 g/mol. The number of nitrogens with one attached hydrogen (secondary N) is 1. The van der Waals surface area contributed by atoms with Gasteiger partial charge < -0.3 is 9.42 Å². The number of rotatable bonds is 5. The van der Waals surface area contributed by atoms with Gasteiger partial charge in [-0.05, 0) is 37.3 Å². The Hall–Kier alpha value is -3.10. The second kappa shape index (κ2) is 8.28. The lowest BCUT2D eigenvalue weighted by Gasteiger charge is -2.33. The zero-order valence-electron chi connectivity index (χ0n) is 15.5. The minimum atomic E-state index is -0.140. The quantitative estimate of drug-likeness (QED) is 0.840. The van der Waals surface area contributed by atoms with Crippen molar-refractivity contribution < 1.29 is 14.1 Å². The molecule has 2 aliphatic rings. The van der Waals surface area contributed by atoms with Gasteiger partial charge in [-0.1, -0.05) is 5.16 Å². The number of piperidine rings is 1. The smallest absolute Gasteiger partial charge is 0.270 e. The normalized spacial score (nSPS) is 19.9. The number of hydrogen-bond donors (Lipinski definition) is 1. The summed E-state index contributed by atoms with van der Waals surface area (Å²) in [5, 5.41) is 7.99. The van der Waals surface area contributed by atoms with Crippen molar-refractivity contribution in [2.75, 3.05) is 13.1 Å². The molecule has 0 saturated carbocycles. The van der Waals surface area contributed by atoms with Crippen molar-refractivity contribution in [1.29, 1.82) is 0 Å². The van der Waals surface area contributed by atoms with Gasteiger partial charge in [0.05, 0.1) is 0 Å². The van der Waals surface area contributed by atoms with Gasteiger partial charge in [0.25, 0.3) is 11.8 Å². The highest BCUT2D eigenvalue weighted by Gasteiger charge is 2.28. The largest absolute Gasteiger partial charge is 0.337 e. The van der Waals surface area contributed by atoms with Crippen molar-refractivity contribution >= 4 is 17.5 Å². The maximum atomic E-state index is 12.6. The zero-order valence-corrected chi connectivity index (χ0v) is 15.5. The third-order valence-corrected chi connectivity index (χ3v) is 5.13. The molecule has 146 valence electrons. The van der Waals surface area contributed by atoms with Crippen molar-refractivity contribution in [1.82, 2.24) is 25.5 Å². The van der Waals surface area contributed by atoms with Crippen LogP contribution in [0, 0.1) is 5.92 Å². The number of nitrogens with zero attached hydrogens (tertiary/aromatic N) is 5. The Morgan fingerprint density at radius 3 is 2.93 bits per heavy atom. The molecule has 9 nitrogen and oxygen atoms in total. The monoisotopic (exact) mass is 382 g/mol. The molecule has 0 aromatic carbocycles. The van der Waals surface area contributed by atoms with Crippen LogP contribution in [0.5, 0.6) is 0 Å². The van der Waals surface area contributed by atoms with Crippen LogP contribution in [0.1, 0.15) is 37.9 Å². The highest BCUT2D eigenvalue weighted by molar-refractivity contribution is 6.39. The zero-order chi connectivity index (χ0) is 19.3. The van der Waals surface area contributed by atoms with Crippen LogP contribution < -0.4 is 5.43 Å². The van der Waals surface area contributed by atoms with E-state index in [9.17, 15) is 9.59 Å². The van der Waals surface area contributed by atoms with Gasteiger partial charge in [-0.15, -0.1) is 0 Å². The first-order chi connectivity index (χ1) is 13.7. The number of aryl methyl sites for hydroxylation is 1. The summed E-state index contributed by atoms with van der Waals surface area (Å²) < 4.78 is 5.33. The fourth-order valence-corrected chi connectivity index (χ4v) is 3.60. The number of pyridine rings is 1. The Kier molecular flexibility index (Phi) is 5.41. The van der Waals surface area contributed by atoms with E-state index in [1.807, 2.05) is 17.0 Å². The van der Waals surface area contributed by atoms with Gasteiger partial charge >= 0.3 is 0 Å². The number of aromatic nitrogens is 3. The first-order valence-electron chi connectivity index (χ1n) is 9.56. The number of hydrazone groups is 1. The summed E-state index contributed by atoms with van der Waals surface area (Å²) in [6, 6.07) is 3.66. The van der Waals surface area contributed by atoms with Crippen LogP contribution >= 0.6 is 0 Å². The van der Waals surface area contributed by atoms with Gasteiger partial charge in [-0.2, -0.15) is 10.1 Å². The molecular formula is C19H22N6O3. The van der Waals surface area contributed by atoms with E-state index in [0.717, 1.165) is 31.4 Å². The van der Waals surface area contributed by atoms with Crippen LogP contribution in [0.15, 0.2) is 34.2 Å². The van der Waals surface area contributed by atoms with E-state index in [-0.39, 0.29) is 11.8 Å². The first-order valence-corrected chi connectivity index (χ1v) is 9.56. The van der Waals surface area contributed by atoms with E-state index in [2.05, 4.69) is 25.7 Å². The fourth-order valence-electron chi connectivity index (χ4n) is 3.60. The third-order valence-electron chi connectivity index (χ3n) is 5.13. The maximum absolute atomic E-state index is 12.6. The first kappa shape index (κ1) is 18.3. The van der Waals surface area contributed by atoms with Crippen LogP contribution in [0.25, 0.3) is 11.5 Å². The lowest BCUT2D eigenvalue weighted by atomic mass is 9.93. The van der Waals surface area contributed by atoms with Gasteiger partial charge in [-0.25, -0.2) is 5.43 Å². The number of carbonyl (C=O) groups is 2. The molecule has 1 atom stereocenters. The van der Waals surface area contributed by atoms with Gasteiger partial charge in [-0.3, -0.25) is 14.6 Å². The van der Waals surface area contributed by atoms with Gasteiger partial charge in [0, 0.05) is 50.3 Å². The Morgan fingerprint density at radius 2 is 2.14 bits per heavy atom. The number of likely N-dealkylation sites (tertiary alicyclic amines) is 1. The van der Waals surface area contributed by atoms with E-state index >= 15 is 0 Å². The molecule has 1 N–H and O–H groups in total.